The van der Waals surface area contributed by atoms with Gasteiger partial charge in [-0.1, -0.05) is 30.3 Å². The Labute approximate surface area is 140 Å². The number of nitrogens with two attached hydrogens (primary N) is 1. The predicted molar refractivity (Wildman–Crippen MR) is 87.8 cm³/mol. The molecule has 1 saturated heterocycles. The highest BCUT2D eigenvalue weighted by molar-refractivity contribution is 5.79. The number of carbonyl (C=O) groups excluding carboxylic acids is 2. The maximum absolute atomic E-state index is 12.3. The molecule has 2 N–H and O–H groups in total. The summed E-state index contributed by atoms with van der Waals surface area (Å²) in [7, 11) is 0. The molecule has 24 heavy (non-hydrogen) atoms. The Morgan fingerprint density at radius 3 is 2.75 bits per heavy atom. The first-order valence-electron chi connectivity index (χ1n) is 8.10. The summed E-state index contributed by atoms with van der Waals surface area (Å²) in [4.78, 5) is 29.6. The molecule has 1 atom stereocenters. The summed E-state index contributed by atoms with van der Waals surface area (Å²) in [6, 6.07) is 10.1. The first-order valence-corrected chi connectivity index (χ1v) is 8.10. The minimum Gasteiger partial charge on any atom is -0.369 e. The van der Waals surface area contributed by atoms with E-state index in [0.29, 0.717) is 37.7 Å². The van der Waals surface area contributed by atoms with Crippen LogP contribution in [0.5, 0.6) is 0 Å². The van der Waals surface area contributed by atoms with Gasteiger partial charge in [-0.3, -0.25) is 9.59 Å². The molecule has 1 aliphatic rings. The number of likely N-dealkylation sites (tertiary alicyclic amines) is 1. The molecule has 0 spiro atoms. The van der Waals surface area contributed by atoms with E-state index in [-0.39, 0.29) is 18.2 Å². The number of aromatic nitrogens is 3. The normalized spacial score (nSPS) is 17.5. The van der Waals surface area contributed by atoms with Gasteiger partial charge in [0.25, 0.3) is 0 Å². The molecule has 1 aliphatic heterocycles. The highest BCUT2D eigenvalue weighted by Crippen LogP contribution is 2.28. The Kier molecular flexibility index (Phi) is 4.59. The van der Waals surface area contributed by atoms with E-state index in [9.17, 15) is 9.59 Å². The van der Waals surface area contributed by atoms with Crippen LogP contribution in [0.4, 0.5) is 0 Å². The van der Waals surface area contributed by atoms with E-state index < -0.39 is 5.91 Å². The summed E-state index contributed by atoms with van der Waals surface area (Å²) in [6.45, 7) is 3.66. The van der Waals surface area contributed by atoms with Gasteiger partial charge in [0, 0.05) is 25.4 Å². The van der Waals surface area contributed by atoms with E-state index in [4.69, 9.17) is 5.73 Å². The molecule has 126 valence electrons. The van der Waals surface area contributed by atoms with Gasteiger partial charge in [0.1, 0.15) is 5.82 Å². The van der Waals surface area contributed by atoms with Crippen molar-refractivity contribution in [2.75, 3.05) is 6.54 Å². The number of benzene rings is 1. The third-order valence-electron chi connectivity index (χ3n) is 4.24. The molecule has 0 saturated carbocycles. The van der Waals surface area contributed by atoms with Crippen LogP contribution in [0.3, 0.4) is 0 Å². The molecule has 0 radical (unpaired) electrons. The first kappa shape index (κ1) is 16.2. The number of primary amides is 1. The quantitative estimate of drug-likeness (QED) is 0.851. The lowest BCUT2D eigenvalue weighted by Crippen LogP contribution is -2.26. The SMILES string of the molecule is CCn1nc(CC(N)=O)nc1CN1CC(c2ccccc2)CC1=O. The Balaban J connectivity index is 1.73. The summed E-state index contributed by atoms with van der Waals surface area (Å²) in [5.41, 5.74) is 6.38. The van der Waals surface area contributed by atoms with Gasteiger partial charge in [0.05, 0.1) is 13.0 Å². The van der Waals surface area contributed by atoms with Crippen LogP contribution in [0.15, 0.2) is 30.3 Å². The van der Waals surface area contributed by atoms with Crippen molar-refractivity contribution in [1.82, 2.24) is 19.7 Å². The molecule has 2 aromatic rings. The van der Waals surface area contributed by atoms with Gasteiger partial charge >= 0.3 is 0 Å². The van der Waals surface area contributed by atoms with Crippen LogP contribution in [-0.4, -0.2) is 38.0 Å². The van der Waals surface area contributed by atoms with E-state index in [2.05, 4.69) is 22.2 Å². The largest absolute Gasteiger partial charge is 0.369 e. The van der Waals surface area contributed by atoms with Gasteiger partial charge in [-0.05, 0) is 12.5 Å². The second-order valence-corrected chi connectivity index (χ2v) is 5.99. The van der Waals surface area contributed by atoms with Crippen LogP contribution in [0, 0.1) is 0 Å². The zero-order chi connectivity index (χ0) is 17.1. The molecule has 1 unspecified atom stereocenters. The van der Waals surface area contributed by atoms with Crippen LogP contribution in [0.2, 0.25) is 0 Å². The van der Waals surface area contributed by atoms with Crippen molar-refractivity contribution < 1.29 is 9.59 Å². The van der Waals surface area contributed by atoms with Crippen LogP contribution in [0.1, 0.15) is 36.5 Å². The monoisotopic (exact) mass is 327 g/mol. The van der Waals surface area contributed by atoms with E-state index in [1.54, 1.807) is 4.68 Å². The number of nitrogens with zero attached hydrogens (tertiary/aromatic N) is 4. The van der Waals surface area contributed by atoms with E-state index in [1.165, 1.54) is 5.56 Å². The van der Waals surface area contributed by atoms with Crippen LogP contribution in [0.25, 0.3) is 0 Å². The average molecular weight is 327 g/mol. The Morgan fingerprint density at radius 1 is 1.33 bits per heavy atom. The highest BCUT2D eigenvalue weighted by Gasteiger charge is 2.31. The summed E-state index contributed by atoms with van der Waals surface area (Å²) >= 11 is 0. The van der Waals surface area contributed by atoms with E-state index in [1.807, 2.05) is 30.0 Å². The average Bonchev–Trinajstić information content (AvgIpc) is 3.11. The van der Waals surface area contributed by atoms with E-state index in [0.717, 1.165) is 0 Å². The molecular weight excluding hydrogens is 306 g/mol. The highest BCUT2D eigenvalue weighted by atomic mass is 16.2. The second kappa shape index (κ2) is 6.82. The molecule has 1 aromatic carbocycles. The number of carbonyl (C=O) groups is 2. The van der Waals surface area contributed by atoms with Crippen LogP contribution < -0.4 is 5.73 Å². The van der Waals surface area contributed by atoms with Crippen LogP contribution in [-0.2, 0) is 29.1 Å². The number of hydrogen-bond acceptors (Lipinski definition) is 4. The van der Waals surface area contributed by atoms with Crippen molar-refractivity contribution in [2.24, 2.45) is 5.73 Å². The Hall–Kier alpha value is -2.70. The lowest BCUT2D eigenvalue weighted by atomic mass is 9.99. The standard InChI is InChI=1S/C17H21N5O2/c1-2-22-16(19-15(20-22)9-14(18)23)11-21-10-13(8-17(21)24)12-6-4-3-5-7-12/h3-7,13H,2,8-11H2,1H3,(H2,18,23). The molecule has 2 heterocycles. The summed E-state index contributed by atoms with van der Waals surface area (Å²) in [6.07, 6.45) is 0.527. The minimum absolute atomic E-state index is 0.0145. The van der Waals surface area contributed by atoms with Crippen LogP contribution >= 0.6 is 0 Å². The van der Waals surface area contributed by atoms with Crippen molar-refractivity contribution in [1.29, 1.82) is 0 Å². The summed E-state index contributed by atoms with van der Waals surface area (Å²) in [5.74, 6) is 0.963. The van der Waals surface area contributed by atoms with Gasteiger partial charge in [0.15, 0.2) is 5.82 Å². The van der Waals surface area contributed by atoms with Gasteiger partial charge in [-0.15, -0.1) is 0 Å². The molecule has 1 fully saturated rings. The molecule has 0 aliphatic carbocycles. The molecule has 7 heteroatoms. The fraction of sp³-hybridized carbons (Fsp3) is 0.412. The lowest BCUT2D eigenvalue weighted by molar-refractivity contribution is -0.128. The van der Waals surface area contributed by atoms with Gasteiger partial charge in [0.2, 0.25) is 11.8 Å². The number of amides is 2. The molecule has 1 aromatic heterocycles. The zero-order valence-corrected chi connectivity index (χ0v) is 13.7. The van der Waals surface area contributed by atoms with Gasteiger partial charge in [-0.25, -0.2) is 9.67 Å². The smallest absolute Gasteiger partial charge is 0.225 e. The molecule has 7 nitrogen and oxygen atoms in total. The fourth-order valence-corrected chi connectivity index (χ4v) is 3.07. The topological polar surface area (TPSA) is 94.1 Å². The van der Waals surface area contributed by atoms with Crippen molar-refractivity contribution in [2.45, 2.75) is 38.8 Å². The number of rotatable bonds is 6. The molecule has 3 rings (SSSR count). The minimum atomic E-state index is -0.462. The summed E-state index contributed by atoms with van der Waals surface area (Å²) < 4.78 is 1.72. The molecule has 0 bridgehead atoms. The fourth-order valence-electron chi connectivity index (χ4n) is 3.07. The van der Waals surface area contributed by atoms with Crippen molar-refractivity contribution in [3.8, 4) is 0 Å². The number of aryl methyl sites for hydroxylation is 1. The van der Waals surface area contributed by atoms with Crippen molar-refractivity contribution >= 4 is 11.8 Å². The van der Waals surface area contributed by atoms with E-state index >= 15 is 0 Å². The molecular formula is C17H21N5O2. The maximum atomic E-state index is 12.3. The predicted octanol–water partition coefficient (Wildman–Crippen LogP) is 0.842. The Morgan fingerprint density at radius 2 is 2.08 bits per heavy atom. The van der Waals surface area contributed by atoms with Crippen molar-refractivity contribution in [3.05, 3.63) is 47.5 Å². The van der Waals surface area contributed by atoms with Gasteiger partial charge in [-0.2, -0.15) is 5.10 Å². The third-order valence-corrected chi connectivity index (χ3v) is 4.24. The molecule has 2 amide bonds. The van der Waals surface area contributed by atoms with Gasteiger partial charge < -0.3 is 10.6 Å². The maximum Gasteiger partial charge on any atom is 0.225 e. The second-order valence-electron chi connectivity index (χ2n) is 5.99. The Bertz CT molecular complexity index is 741. The first-order chi connectivity index (χ1) is 11.6. The lowest BCUT2D eigenvalue weighted by Gasteiger charge is -2.16. The number of hydrogen-bond donors (Lipinski definition) is 1. The zero-order valence-electron chi connectivity index (χ0n) is 13.7. The van der Waals surface area contributed by atoms with Crippen molar-refractivity contribution in [3.63, 3.8) is 0 Å². The third kappa shape index (κ3) is 3.45. The summed E-state index contributed by atoms with van der Waals surface area (Å²) in [5, 5.41) is 4.28.